The van der Waals surface area contributed by atoms with Crippen molar-refractivity contribution in [3.63, 3.8) is 0 Å². The van der Waals surface area contributed by atoms with Crippen molar-refractivity contribution in [3.8, 4) is 5.75 Å². The summed E-state index contributed by atoms with van der Waals surface area (Å²) in [4.78, 5) is 12.9. The minimum Gasteiger partial charge on any atom is -0.487 e. The molecule has 3 N–H and O–H groups in total. The van der Waals surface area contributed by atoms with Crippen LogP contribution in [0.3, 0.4) is 0 Å². The number of aliphatic hydroxyl groups is 1. The van der Waals surface area contributed by atoms with Crippen LogP contribution >= 0.6 is 0 Å². The molecule has 1 aromatic rings. The Hall–Kier alpha value is -1.59. The van der Waals surface area contributed by atoms with Gasteiger partial charge in [-0.05, 0) is 25.5 Å². The second-order valence-corrected chi connectivity index (χ2v) is 5.56. The lowest BCUT2D eigenvalue weighted by atomic mass is 9.91. The summed E-state index contributed by atoms with van der Waals surface area (Å²) in [5.41, 5.74) is 4.22. The first-order valence-corrected chi connectivity index (χ1v) is 6.92. The van der Waals surface area contributed by atoms with Gasteiger partial charge in [0.2, 0.25) is 5.91 Å². The number of primary amides is 1. The van der Waals surface area contributed by atoms with Crippen molar-refractivity contribution in [1.29, 1.82) is 0 Å². The number of carbonyl (C=O) groups excluding carboxylic acids is 1. The zero-order chi connectivity index (χ0) is 14.6. The lowest BCUT2D eigenvalue weighted by molar-refractivity contribution is -0.120. The van der Waals surface area contributed by atoms with E-state index in [1.54, 1.807) is 6.92 Å². The highest BCUT2D eigenvalue weighted by Gasteiger charge is 2.39. The number of β-amino-alcohol motifs (C(OH)–C–C–N with tert-alkyl or cyclic N) is 1. The molecule has 1 amide bonds. The molecule has 0 bridgehead atoms. The Balaban J connectivity index is 1.92. The van der Waals surface area contributed by atoms with E-state index in [1.165, 1.54) is 0 Å². The van der Waals surface area contributed by atoms with Crippen molar-refractivity contribution in [1.82, 2.24) is 4.90 Å². The summed E-state index contributed by atoms with van der Waals surface area (Å²) in [6.07, 6.45) is 0.802. The predicted molar refractivity (Wildman–Crippen MR) is 76.4 cm³/mol. The smallest absolute Gasteiger partial charge is 0.218 e. The van der Waals surface area contributed by atoms with Gasteiger partial charge in [-0.25, -0.2) is 0 Å². The number of hydrogen-bond acceptors (Lipinski definition) is 4. The Morgan fingerprint density at radius 3 is 2.80 bits per heavy atom. The van der Waals surface area contributed by atoms with Gasteiger partial charge >= 0.3 is 0 Å². The van der Waals surface area contributed by atoms with E-state index < -0.39 is 5.60 Å². The third-order valence-electron chi connectivity index (χ3n) is 3.64. The number of benzene rings is 1. The molecule has 2 rings (SSSR count). The Morgan fingerprint density at radius 2 is 2.20 bits per heavy atom. The third kappa shape index (κ3) is 3.95. The van der Waals surface area contributed by atoms with Gasteiger partial charge in [0.1, 0.15) is 17.5 Å². The molecular formula is C15H22N2O3. The first kappa shape index (κ1) is 14.8. The fraction of sp³-hybridized carbons (Fsp3) is 0.533. The van der Waals surface area contributed by atoms with Crippen LogP contribution in [0.2, 0.25) is 0 Å². The highest BCUT2D eigenvalue weighted by atomic mass is 16.5. The molecule has 0 unspecified atom stereocenters. The summed E-state index contributed by atoms with van der Waals surface area (Å²) < 4.78 is 5.88. The summed E-state index contributed by atoms with van der Waals surface area (Å²) in [5.74, 6) is 0.454. The number of hydrogen-bond donors (Lipinski definition) is 2. The first-order chi connectivity index (χ1) is 9.47. The molecule has 110 valence electrons. The van der Waals surface area contributed by atoms with Crippen molar-refractivity contribution >= 4 is 5.91 Å². The molecular weight excluding hydrogens is 256 g/mol. The molecule has 0 aromatic heterocycles. The second kappa shape index (κ2) is 6.24. The number of nitrogens with zero attached hydrogens (tertiary/aromatic N) is 1. The minimum atomic E-state index is -0.939. The van der Waals surface area contributed by atoms with Crippen LogP contribution in [0.25, 0.3) is 0 Å². The fourth-order valence-electron chi connectivity index (χ4n) is 2.55. The van der Waals surface area contributed by atoms with Gasteiger partial charge in [0.05, 0.1) is 0 Å². The van der Waals surface area contributed by atoms with E-state index in [9.17, 15) is 9.90 Å². The van der Waals surface area contributed by atoms with Crippen LogP contribution in [0, 0.1) is 0 Å². The van der Waals surface area contributed by atoms with E-state index in [2.05, 4.69) is 4.90 Å². The highest BCUT2D eigenvalue weighted by molar-refractivity contribution is 5.73. The summed E-state index contributed by atoms with van der Waals surface area (Å²) >= 11 is 0. The number of para-hydroxylation sites is 1. The van der Waals surface area contributed by atoms with Gasteiger partial charge in [0, 0.05) is 26.1 Å². The molecule has 2 atom stereocenters. The molecule has 20 heavy (non-hydrogen) atoms. The Kier molecular flexibility index (Phi) is 4.62. The topological polar surface area (TPSA) is 75.8 Å². The van der Waals surface area contributed by atoms with E-state index >= 15 is 0 Å². The van der Waals surface area contributed by atoms with Crippen LogP contribution in [0.15, 0.2) is 30.3 Å². The lowest BCUT2D eigenvalue weighted by Gasteiger charge is -2.42. The summed E-state index contributed by atoms with van der Waals surface area (Å²) in [7, 11) is 0. The van der Waals surface area contributed by atoms with Crippen molar-refractivity contribution in [2.75, 3.05) is 19.6 Å². The van der Waals surface area contributed by atoms with Crippen LogP contribution in [0.1, 0.15) is 19.8 Å². The molecule has 1 aliphatic heterocycles. The zero-order valence-corrected chi connectivity index (χ0v) is 11.8. The molecule has 0 spiro atoms. The van der Waals surface area contributed by atoms with Gasteiger partial charge in [-0.3, -0.25) is 9.69 Å². The molecule has 1 aliphatic rings. The van der Waals surface area contributed by atoms with E-state index in [0.717, 1.165) is 18.7 Å². The largest absolute Gasteiger partial charge is 0.487 e. The van der Waals surface area contributed by atoms with Gasteiger partial charge < -0.3 is 15.6 Å². The molecule has 0 radical (unpaired) electrons. The van der Waals surface area contributed by atoms with Crippen LogP contribution in [-0.4, -0.2) is 47.3 Å². The molecule has 1 heterocycles. The zero-order valence-electron chi connectivity index (χ0n) is 11.8. The third-order valence-corrected chi connectivity index (χ3v) is 3.64. The fourth-order valence-corrected chi connectivity index (χ4v) is 2.55. The van der Waals surface area contributed by atoms with Gasteiger partial charge in [-0.1, -0.05) is 18.2 Å². The van der Waals surface area contributed by atoms with Gasteiger partial charge in [0.15, 0.2) is 0 Å². The number of rotatable bonds is 5. The van der Waals surface area contributed by atoms with Gasteiger partial charge in [-0.2, -0.15) is 0 Å². The number of piperidine rings is 1. The van der Waals surface area contributed by atoms with E-state index in [0.29, 0.717) is 19.5 Å². The summed E-state index contributed by atoms with van der Waals surface area (Å²) in [6, 6.07) is 9.51. The monoisotopic (exact) mass is 278 g/mol. The SMILES string of the molecule is C[C@]1(O)CN(CCC(N)=O)CC[C@@H]1Oc1ccccc1. The Labute approximate surface area is 119 Å². The van der Waals surface area contributed by atoms with Crippen molar-refractivity contribution in [2.45, 2.75) is 31.5 Å². The number of carbonyl (C=O) groups is 1. The molecule has 1 saturated heterocycles. The summed E-state index contributed by atoms with van der Waals surface area (Å²) in [5, 5.41) is 10.5. The van der Waals surface area contributed by atoms with E-state index in [-0.39, 0.29) is 12.0 Å². The van der Waals surface area contributed by atoms with Crippen LogP contribution in [0.4, 0.5) is 0 Å². The molecule has 0 saturated carbocycles. The maximum absolute atomic E-state index is 10.8. The first-order valence-electron chi connectivity index (χ1n) is 6.92. The van der Waals surface area contributed by atoms with E-state index in [4.69, 9.17) is 10.5 Å². The summed E-state index contributed by atoms with van der Waals surface area (Å²) in [6.45, 7) is 3.64. The van der Waals surface area contributed by atoms with Crippen LogP contribution in [0.5, 0.6) is 5.75 Å². The number of amides is 1. The Bertz CT molecular complexity index is 448. The maximum Gasteiger partial charge on any atom is 0.218 e. The number of nitrogens with two attached hydrogens (primary N) is 1. The average Bonchev–Trinajstić information content (AvgIpc) is 2.40. The number of likely N-dealkylation sites (tertiary alicyclic amines) is 1. The molecule has 5 heteroatoms. The maximum atomic E-state index is 10.8. The highest BCUT2D eigenvalue weighted by Crippen LogP contribution is 2.26. The minimum absolute atomic E-state index is 0.241. The van der Waals surface area contributed by atoms with Crippen LogP contribution in [-0.2, 0) is 4.79 Å². The van der Waals surface area contributed by atoms with Crippen LogP contribution < -0.4 is 10.5 Å². The quantitative estimate of drug-likeness (QED) is 0.834. The molecule has 5 nitrogen and oxygen atoms in total. The standard InChI is InChI=1S/C15H22N2O3/c1-15(19)11-17(10-8-14(16)18)9-7-13(15)20-12-5-3-2-4-6-12/h2-6,13,19H,7-11H2,1H3,(H2,16,18)/t13-,15-/m0/s1. The van der Waals surface area contributed by atoms with Gasteiger partial charge in [0.25, 0.3) is 0 Å². The van der Waals surface area contributed by atoms with Gasteiger partial charge in [-0.15, -0.1) is 0 Å². The normalized spacial score (nSPS) is 27.2. The molecule has 1 aromatic carbocycles. The van der Waals surface area contributed by atoms with Crippen molar-refractivity contribution in [3.05, 3.63) is 30.3 Å². The van der Waals surface area contributed by atoms with Crippen molar-refractivity contribution in [2.24, 2.45) is 5.73 Å². The number of ether oxygens (including phenoxy) is 1. The lowest BCUT2D eigenvalue weighted by Crippen LogP contribution is -2.57. The van der Waals surface area contributed by atoms with Crippen molar-refractivity contribution < 1.29 is 14.6 Å². The molecule has 1 fully saturated rings. The van der Waals surface area contributed by atoms with E-state index in [1.807, 2.05) is 30.3 Å². The molecule has 0 aliphatic carbocycles. The second-order valence-electron chi connectivity index (χ2n) is 5.56. The predicted octanol–water partition coefficient (Wildman–Crippen LogP) is 0.766. The average molecular weight is 278 g/mol. The Morgan fingerprint density at radius 1 is 1.50 bits per heavy atom.